The summed E-state index contributed by atoms with van der Waals surface area (Å²) < 4.78 is 27.1. The first-order chi connectivity index (χ1) is 9.44. The number of hydrogen-bond acceptors (Lipinski definition) is 3. The smallest absolute Gasteiger partial charge is 0.262 e. The van der Waals surface area contributed by atoms with E-state index in [9.17, 15) is 13.5 Å². The summed E-state index contributed by atoms with van der Waals surface area (Å²) in [7, 11) is -3.79. The van der Waals surface area contributed by atoms with Gasteiger partial charge in [0.2, 0.25) is 0 Å². The van der Waals surface area contributed by atoms with Crippen LogP contribution >= 0.6 is 11.6 Å². The maximum Gasteiger partial charge on any atom is 0.262 e. The first-order valence-corrected chi connectivity index (χ1v) is 7.78. The lowest BCUT2D eigenvalue weighted by molar-refractivity contribution is 0.278. The number of aryl methyl sites for hydroxylation is 1. The molecule has 0 amide bonds. The maximum absolute atomic E-state index is 12.3. The number of benzene rings is 2. The van der Waals surface area contributed by atoms with Crippen LogP contribution in [0, 0.1) is 6.92 Å². The number of hydrogen-bond donors (Lipinski definition) is 2. The molecule has 2 N–H and O–H groups in total. The van der Waals surface area contributed by atoms with Gasteiger partial charge in [0.25, 0.3) is 10.0 Å². The third-order valence-corrected chi connectivity index (χ3v) is 4.58. The summed E-state index contributed by atoms with van der Waals surface area (Å²) in [5.41, 5.74) is 1.59. The Kier molecular flexibility index (Phi) is 4.32. The van der Waals surface area contributed by atoms with Gasteiger partial charge in [-0.2, -0.15) is 0 Å². The van der Waals surface area contributed by atoms with E-state index < -0.39 is 10.0 Å². The van der Waals surface area contributed by atoms with E-state index in [-0.39, 0.29) is 11.5 Å². The predicted molar refractivity (Wildman–Crippen MR) is 79.4 cm³/mol. The number of halogens is 1. The summed E-state index contributed by atoms with van der Waals surface area (Å²) in [4.78, 5) is 0.0409. The van der Waals surface area contributed by atoms with Crippen molar-refractivity contribution in [3.05, 3.63) is 58.6 Å². The Morgan fingerprint density at radius 3 is 2.55 bits per heavy atom. The third-order valence-electron chi connectivity index (χ3n) is 2.80. The van der Waals surface area contributed by atoms with Gasteiger partial charge in [-0.15, -0.1) is 0 Å². The molecule has 20 heavy (non-hydrogen) atoms. The van der Waals surface area contributed by atoms with Gasteiger partial charge in [0.05, 0.1) is 22.2 Å². The van der Waals surface area contributed by atoms with Gasteiger partial charge in [-0.1, -0.05) is 35.9 Å². The molecule has 0 saturated carbocycles. The summed E-state index contributed by atoms with van der Waals surface area (Å²) >= 11 is 6.02. The van der Waals surface area contributed by atoms with E-state index >= 15 is 0 Å². The highest BCUT2D eigenvalue weighted by atomic mass is 35.5. The SMILES string of the molecule is Cc1ccc(NS(=O)(=O)c2ccccc2CO)c(Cl)c1. The van der Waals surface area contributed by atoms with E-state index in [0.29, 0.717) is 16.3 Å². The molecule has 0 heterocycles. The van der Waals surface area contributed by atoms with Gasteiger partial charge in [-0.25, -0.2) is 8.42 Å². The molecule has 0 aliphatic heterocycles. The zero-order chi connectivity index (χ0) is 14.8. The molecule has 0 aromatic heterocycles. The predicted octanol–water partition coefficient (Wildman–Crippen LogP) is 2.94. The van der Waals surface area contributed by atoms with Crippen molar-refractivity contribution >= 4 is 27.3 Å². The summed E-state index contributed by atoms with van der Waals surface area (Å²) in [5.74, 6) is 0. The molecular weight excluding hydrogens is 298 g/mol. The lowest BCUT2D eigenvalue weighted by atomic mass is 10.2. The van der Waals surface area contributed by atoms with Crippen molar-refractivity contribution in [2.75, 3.05) is 4.72 Å². The van der Waals surface area contributed by atoms with E-state index in [4.69, 9.17) is 11.6 Å². The van der Waals surface area contributed by atoms with Crippen LogP contribution in [0.15, 0.2) is 47.4 Å². The first kappa shape index (κ1) is 14.8. The van der Waals surface area contributed by atoms with Gasteiger partial charge in [-0.3, -0.25) is 4.72 Å². The van der Waals surface area contributed by atoms with Crippen molar-refractivity contribution in [2.45, 2.75) is 18.4 Å². The van der Waals surface area contributed by atoms with Gasteiger partial charge < -0.3 is 5.11 Å². The van der Waals surface area contributed by atoms with Crippen molar-refractivity contribution in [3.63, 3.8) is 0 Å². The molecule has 106 valence electrons. The number of aliphatic hydroxyl groups excluding tert-OH is 1. The second-order valence-electron chi connectivity index (χ2n) is 4.35. The van der Waals surface area contributed by atoms with Crippen molar-refractivity contribution in [1.82, 2.24) is 0 Å². The fourth-order valence-electron chi connectivity index (χ4n) is 1.80. The second kappa shape index (κ2) is 5.83. The van der Waals surface area contributed by atoms with Crippen LogP contribution in [0.25, 0.3) is 0 Å². The standard InChI is InChI=1S/C14H14ClNO3S/c1-10-6-7-13(12(15)8-10)16-20(18,19)14-5-3-2-4-11(14)9-17/h2-8,16-17H,9H2,1H3. The Bertz CT molecular complexity index is 729. The monoisotopic (exact) mass is 311 g/mol. The molecule has 0 aliphatic carbocycles. The minimum Gasteiger partial charge on any atom is -0.392 e. The third kappa shape index (κ3) is 3.12. The molecule has 0 aliphatic rings. The Hall–Kier alpha value is -1.56. The zero-order valence-corrected chi connectivity index (χ0v) is 12.4. The maximum atomic E-state index is 12.3. The molecule has 0 bridgehead atoms. The highest BCUT2D eigenvalue weighted by Gasteiger charge is 2.18. The number of rotatable bonds is 4. The van der Waals surface area contributed by atoms with Gasteiger partial charge in [0.1, 0.15) is 0 Å². The molecule has 0 unspecified atom stereocenters. The van der Waals surface area contributed by atoms with E-state index in [0.717, 1.165) is 5.56 Å². The van der Waals surface area contributed by atoms with Crippen LogP contribution in [0.3, 0.4) is 0 Å². The second-order valence-corrected chi connectivity index (χ2v) is 6.41. The van der Waals surface area contributed by atoms with E-state index in [1.165, 1.54) is 6.07 Å². The van der Waals surface area contributed by atoms with Crippen molar-refractivity contribution in [3.8, 4) is 0 Å². The number of anilines is 1. The molecule has 2 aromatic carbocycles. The fraction of sp³-hybridized carbons (Fsp3) is 0.143. The molecule has 0 atom stereocenters. The molecule has 0 fully saturated rings. The summed E-state index contributed by atoms with van der Waals surface area (Å²) in [5, 5.41) is 9.55. The molecule has 6 heteroatoms. The molecule has 0 saturated heterocycles. The van der Waals surface area contributed by atoms with E-state index in [1.54, 1.807) is 36.4 Å². The van der Waals surface area contributed by atoms with Gasteiger partial charge in [-0.05, 0) is 36.2 Å². The number of aliphatic hydroxyl groups is 1. The lowest BCUT2D eigenvalue weighted by Crippen LogP contribution is -2.15. The summed E-state index contributed by atoms with van der Waals surface area (Å²) in [6.07, 6.45) is 0. The van der Waals surface area contributed by atoms with Crippen LogP contribution in [-0.2, 0) is 16.6 Å². The van der Waals surface area contributed by atoms with Crippen LogP contribution in [0.4, 0.5) is 5.69 Å². The fourth-order valence-corrected chi connectivity index (χ4v) is 3.45. The summed E-state index contributed by atoms with van der Waals surface area (Å²) in [6, 6.07) is 11.3. The average Bonchev–Trinajstić information content (AvgIpc) is 2.42. The van der Waals surface area contributed by atoms with Crippen LogP contribution < -0.4 is 4.72 Å². The molecule has 0 radical (unpaired) electrons. The van der Waals surface area contributed by atoms with Crippen LogP contribution in [-0.4, -0.2) is 13.5 Å². The lowest BCUT2D eigenvalue weighted by Gasteiger charge is -2.12. The van der Waals surface area contributed by atoms with Crippen molar-refractivity contribution in [1.29, 1.82) is 0 Å². The van der Waals surface area contributed by atoms with Gasteiger partial charge in [0.15, 0.2) is 0 Å². The van der Waals surface area contributed by atoms with Gasteiger partial charge in [0, 0.05) is 0 Å². The first-order valence-electron chi connectivity index (χ1n) is 5.92. The topological polar surface area (TPSA) is 66.4 Å². The largest absolute Gasteiger partial charge is 0.392 e. The quantitative estimate of drug-likeness (QED) is 0.912. The van der Waals surface area contributed by atoms with E-state index in [2.05, 4.69) is 4.72 Å². The Balaban J connectivity index is 2.41. The molecule has 4 nitrogen and oxygen atoms in total. The molecular formula is C14H14ClNO3S. The van der Waals surface area contributed by atoms with E-state index in [1.807, 2.05) is 6.92 Å². The van der Waals surface area contributed by atoms with Crippen molar-refractivity contribution in [2.24, 2.45) is 0 Å². The normalized spacial score (nSPS) is 11.3. The summed E-state index contributed by atoms with van der Waals surface area (Å²) in [6.45, 7) is 1.52. The Morgan fingerprint density at radius 1 is 1.20 bits per heavy atom. The van der Waals surface area contributed by atoms with Gasteiger partial charge >= 0.3 is 0 Å². The Morgan fingerprint density at radius 2 is 1.90 bits per heavy atom. The molecule has 2 rings (SSSR count). The van der Waals surface area contributed by atoms with Crippen LogP contribution in [0.1, 0.15) is 11.1 Å². The number of nitrogens with one attached hydrogen (secondary N) is 1. The molecule has 0 spiro atoms. The van der Waals surface area contributed by atoms with Crippen molar-refractivity contribution < 1.29 is 13.5 Å². The molecule has 2 aromatic rings. The Labute approximate surface area is 123 Å². The highest BCUT2D eigenvalue weighted by molar-refractivity contribution is 7.92. The van der Waals surface area contributed by atoms with Crippen LogP contribution in [0.5, 0.6) is 0 Å². The minimum atomic E-state index is -3.79. The zero-order valence-electron chi connectivity index (χ0n) is 10.8. The number of sulfonamides is 1. The average molecular weight is 312 g/mol. The minimum absolute atomic E-state index is 0.0409. The highest BCUT2D eigenvalue weighted by Crippen LogP contribution is 2.26. The van der Waals surface area contributed by atoms with Crippen LogP contribution in [0.2, 0.25) is 5.02 Å².